The van der Waals surface area contributed by atoms with Gasteiger partial charge in [0.15, 0.2) is 0 Å². The summed E-state index contributed by atoms with van der Waals surface area (Å²) in [4.78, 5) is 14.7. The maximum Gasteiger partial charge on any atom is 0.271 e. The molecule has 3 fully saturated rings. The summed E-state index contributed by atoms with van der Waals surface area (Å²) < 4.78 is 2.00. The fourth-order valence-corrected chi connectivity index (χ4v) is 3.68. The van der Waals surface area contributed by atoms with Crippen molar-refractivity contribution in [3.8, 4) is 16.9 Å². The molecular formula is C16H19N3O2. The quantitative estimate of drug-likeness (QED) is 0.884. The first-order valence-corrected chi connectivity index (χ1v) is 7.53. The van der Waals surface area contributed by atoms with Crippen LogP contribution in [0.15, 0.2) is 35.3 Å². The summed E-state index contributed by atoms with van der Waals surface area (Å²) in [6, 6.07) is 7.16. The summed E-state index contributed by atoms with van der Waals surface area (Å²) in [5.74, 6) is 0.887. The molecule has 1 unspecified atom stereocenters. The van der Waals surface area contributed by atoms with Crippen molar-refractivity contribution >= 4 is 0 Å². The number of rotatable bonds is 2. The molecular weight excluding hydrogens is 266 g/mol. The first-order chi connectivity index (χ1) is 10.2. The van der Waals surface area contributed by atoms with Gasteiger partial charge in [0.1, 0.15) is 5.75 Å². The first-order valence-electron chi connectivity index (χ1n) is 7.53. The van der Waals surface area contributed by atoms with E-state index in [4.69, 9.17) is 0 Å². The van der Waals surface area contributed by atoms with Crippen molar-refractivity contribution in [2.24, 2.45) is 5.92 Å². The second-order valence-electron chi connectivity index (χ2n) is 6.14. The first kappa shape index (κ1) is 12.7. The molecule has 5 nitrogen and oxygen atoms in total. The van der Waals surface area contributed by atoms with Gasteiger partial charge in [-0.05, 0) is 49.5 Å². The number of nitrogens with zero attached hydrogens (tertiary/aromatic N) is 2. The lowest BCUT2D eigenvalue weighted by Gasteiger charge is -2.44. The number of aromatic nitrogens is 2. The van der Waals surface area contributed by atoms with Crippen molar-refractivity contribution in [2.75, 3.05) is 19.6 Å². The van der Waals surface area contributed by atoms with E-state index in [-0.39, 0.29) is 11.3 Å². The lowest BCUT2D eigenvalue weighted by molar-refractivity contribution is 0.0511. The molecule has 0 radical (unpaired) electrons. The molecule has 3 aliphatic rings. The number of benzene rings is 1. The number of aromatic amines is 1. The Hall–Kier alpha value is -2.01. The van der Waals surface area contributed by atoms with Crippen LogP contribution in [0.5, 0.6) is 5.75 Å². The summed E-state index contributed by atoms with van der Waals surface area (Å²) >= 11 is 0. The minimum atomic E-state index is -0.0582. The number of hydrogen-bond donors (Lipinski definition) is 2. The Morgan fingerprint density at radius 3 is 2.48 bits per heavy atom. The fraction of sp³-hybridized carbons (Fsp3) is 0.438. The number of phenols is 1. The highest BCUT2D eigenvalue weighted by molar-refractivity contribution is 5.62. The smallest absolute Gasteiger partial charge is 0.271 e. The summed E-state index contributed by atoms with van der Waals surface area (Å²) in [7, 11) is 0. The predicted molar refractivity (Wildman–Crippen MR) is 80.4 cm³/mol. The number of phenolic OH excluding ortho intramolecular Hbond substituents is 1. The SMILES string of the molecule is O=c1[nH]n(C2CN3CCC2CC3)cc1-c1ccc(O)cc1. The van der Waals surface area contributed by atoms with E-state index in [0.717, 1.165) is 12.1 Å². The number of aromatic hydroxyl groups is 1. The summed E-state index contributed by atoms with van der Waals surface area (Å²) in [6.07, 6.45) is 4.38. The lowest BCUT2D eigenvalue weighted by atomic mass is 9.84. The van der Waals surface area contributed by atoms with Crippen LogP contribution in [0.2, 0.25) is 0 Å². The molecule has 2 bridgehead atoms. The van der Waals surface area contributed by atoms with Crippen molar-refractivity contribution in [3.05, 3.63) is 40.8 Å². The van der Waals surface area contributed by atoms with E-state index in [1.54, 1.807) is 24.3 Å². The third-order valence-corrected chi connectivity index (χ3v) is 4.90. The summed E-state index contributed by atoms with van der Waals surface area (Å²) in [5, 5.41) is 12.3. The van der Waals surface area contributed by atoms with Gasteiger partial charge in [0.25, 0.3) is 5.56 Å². The molecule has 110 valence electrons. The van der Waals surface area contributed by atoms with Crippen LogP contribution in [0.4, 0.5) is 0 Å². The third kappa shape index (κ3) is 2.17. The zero-order valence-electron chi connectivity index (χ0n) is 11.8. The Balaban J connectivity index is 1.68. The fourth-order valence-electron chi connectivity index (χ4n) is 3.68. The van der Waals surface area contributed by atoms with Crippen molar-refractivity contribution in [1.82, 2.24) is 14.7 Å². The van der Waals surface area contributed by atoms with Gasteiger partial charge in [0, 0.05) is 12.7 Å². The maximum atomic E-state index is 12.2. The highest BCUT2D eigenvalue weighted by Crippen LogP contribution is 2.35. The van der Waals surface area contributed by atoms with Crippen molar-refractivity contribution < 1.29 is 5.11 Å². The standard InChI is InChI=1S/C16H19N3O2/c20-13-3-1-11(2-4-13)14-9-19(17-16(14)21)15-10-18-7-5-12(15)6-8-18/h1-4,9,12,15,20H,5-8,10H2,(H,17,21). The van der Waals surface area contributed by atoms with E-state index in [2.05, 4.69) is 10.00 Å². The number of fused-ring (bicyclic) bond motifs is 3. The normalized spacial score (nSPS) is 27.9. The maximum absolute atomic E-state index is 12.2. The molecule has 4 heterocycles. The number of hydrogen-bond acceptors (Lipinski definition) is 3. The van der Waals surface area contributed by atoms with Crippen LogP contribution in [0.25, 0.3) is 11.1 Å². The predicted octanol–water partition coefficient (Wildman–Crippen LogP) is 1.82. The minimum Gasteiger partial charge on any atom is -0.508 e. The van der Waals surface area contributed by atoms with Gasteiger partial charge < -0.3 is 10.0 Å². The van der Waals surface area contributed by atoms with Crippen LogP contribution in [0.1, 0.15) is 18.9 Å². The molecule has 2 aromatic rings. The zero-order valence-corrected chi connectivity index (χ0v) is 11.8. The molecule has 3 saturated heterocycles. The number of nitrogens with one attached hydrogen (secondary N) is 1. The van der Waals surface area contributed by atoms with Gasteiger partial charge in [0.2, 0.25) is 0 Å². The topological polar surface area (TPSA) is 61.3 Å². The Morgan fingerprint density at radius 1 is 1.14 bits per heavy atom. The molecule has 0 spiro atoms. The van der Waals surface area contributed by atoms with E-state index < -0.39 is 0 Å². The zero-order chi connectivity index (χ0) is 14.4. The van der Waals surface area contributed by atoms with Gasteiger partial charge in [-0.3, -0.25) is 14.6 Å². The molecule has 5 rings (SSSR count). The summed E-state index contributed by atoms with van der Waals surface area (Å²) in [6.45, 7) is 3.42. The molecule has 5 heteroatoms. The van der Waals surface area contributed by atoms with Gasteiger partial charge >= 0.3 is 0 Å². The Morgan fingerprint density at radius 2 is 1.86 bits per heavy atom. The minimum absolute atomic E-state index is 0.0582. The van der Waals surface area contributed by atoms with Gasteiger partial charge in [-0.25, -0.2) is 0 Å². The van der Waals surface area contributed by atoms with Crippen molar-refractivity contribution in [1.29, 1.82) is 0 Å². The van der Waals surface area contributed by atoms with Crippen LogP contribution in [0, 0.1) is 5.92 Å². The van der Waals surface area contributed by atoms with Crippen LogP contribution in [-0.2, 0) is 0 Å². The molecule has 2 N–H and O–H groups in total. The van der Waals surface area contributed by atoms with Gasteiger partial charge in [0.05, 0.1) is 11.6 Å². The monoisotopic (exact) mass is 285 g/mol. The van der Waals surface area contributed by atoms with E-state index in [1.165, 1.54) is 25.9 Å². The average Bonchev–Trinajstić information content (AvgIpc) is 2.91. The molecule has 0 aliphatic carbocycles. The van der Waals surface area contributed by atoms with Gasteiger partial charge in [-0.15, -0.1) is 0 Å². The molecule has 21 heavy (non-hydrogen) atoms. The molecule has 0 saturated carbocycles. The van der Waals surface area contributed by atoms with Crippen LogP contribution < -0.4 is 5.56 Å². The van der Waals surface area contributed by atoms with Crippen LogP contribution >= 0.6 is 0 Å². The van der Waals surface area contributed by atoms with Crippen molar-refractivity contribution in [2.45, 2.75) is 18.9 Å². The lowest BCUT2D eigenvalue weighted by Crippen LogP contribution is -2.48. The molecule has 1 aromatic carbocycles. The van der Waals surface area contributed by atoms with E-state index in [9.17, 15) is 9.90 Å². The Bertz CT molecular complexity index is 693. The van der Waals surface area contributed by atoms with E-state index in [0.29, 0.717) is 17.5 Å². The van der Waals surface area contributed by atoms with Crippen LogP contribution in [-0.4, -0.2) is 39.4 Å². The highest BCUT2D eigenvalue weighted by Gasteiger charge is 2.35. The average molecular weight is 285 g/mol. The number of piperidine rings is 3. The Kier molecular flexibility index (Phi) is 2.89. The van der Waals surface area contributed by atoms with E-state index >= 15 is 0 Å². The highest BCUT2D eigenvalue weighted by atomic mass is 16.3. The van der Waals surface area contributed by atoms with Crippen molar-refractivity contribution in [3.63, 3.8) is 0 Å². The largest absolute Gasteiger partial charge is 0.508 e. The van der Waals surface area contributed by atoms with Crippen LogP contribution in [0.3, 0.4) is 0 Å². The number of H-pyrrole nitrogens is 1. The Labute approximate surface area is 122 Å². The second kappa shape index (κ2) is 4.77. The van der Waals surface area contributed by atoms with Gasteiger partial charge in [-0.1, -0.05) is 12.1 Å². The van der Waals surface area contributed by atoms with E-state index in [1.807, 2.05) is 10.9 Å². The third-order valence-electron chi connectivity index (χ3n) is 4.90. The summed E-state index contributed by atoms with van der Waals surface area (Å²) in [5.41, 5.74) is 1.46. The van der Waals surface area contributed by atoms with Gasteiger partial charge in [-0.2, -0.15) is 0 Å². The molecule has 3 aliphatic heterocycles. The second-order valence-corrected chi connectivity index (χ2v) is 6.14. The molecule has 1 atom stereocenters. The molecule has 0 amide bonds. The molecule has 1 aromatic heterocycles.